The number of ether oxygens (including phenoxy) is 6. The lowest BCUT2D eigenvalue weighted by Gasteiger charge is -2.34. The van der Waals surface area contributed by atoms with Crippen LogP contribution in [0.1, 0.15) is 41.5 Å². The summed E-state index contributed by atoms with van der Waals surface area (Å²) in [5, 5.41) is 0. The summed E-state index contributed by atoms with van der Waals surface area (Å²) in [6.07, 6.45) is -7.25. The maximum atomic E-state index is 11.7. The van der Waals surface area contributed by atoms with Gasteiger partial charge in [0.25, 0.3) is 0 Å². The van der Waals surface area contributed by atoms with Crippen LogP contribution in [0.2, 0.25) is 0 Å². The molecule has 0 aliphatic carbocycles. The second-order valence-corrected chi connectivity index (χ2v) is 6.48. The van der Waals surface area contributed by atoms with E-state index in [1.54, 1.807) is 0 Å². The normalized spacial score (nSPS) is 29.0. The van der Waals surface area contributed by atoms with Crippen LogP contribution in [0.15, 0.2) is 0 Å². The number of carbonyl (C=O) groups excluding carboxylic acids is 5. The fourth-order valence-corrected chi connectivity index (χ4v) is 2.96. The van der Waals surface area contributed by atoms with E-state index in [9.17, 15) is 24.0 Å². The third-order valence-corrected chi connectivity index (χ3v) is 3.85. The maximum Gasteiger partial charge on any atom is 0.303 e. The van der Waals surface area contributed by atoms with Crippen LogP contribution in [0.25, 0.3) is 0 Å². The lowest BCUT2D eigenvalue weighted by atomic mass is 9.98. The van der Waals surface area contributed by atoms with Gasteiger partial charge in [-0.25, -0.2) is 0 Å². The van der Waals surface area contributed by atoms with Gasteiger partial charge in [0.1, 0.15) is 12.7 Å². The molecular weight excluding hydrogens is 392 g/mol. The first kappa shape index (κ1) is 24.3. The summed E-state index contributed by atoms with van der Waals surface area (Å²) in [7, 11) is 0. The number of hydrogen-bond donors (Lipinski definition) is 0. The van der Waals surface area contributed by atoms with E-state index < -0.39 is 66.5 Å². The quantitative estimate of drug-likeness (QED) is 0.427. The molecule has 11 heteroatoms. The fraction of sp³-hybridized carbons (Fsp3) is 0.722. The molecule has 164 valence electrons. The van der Waals surface area contributed by atoms with Crippen molar-refractivity contribution in [3.05, 3.63) is 0 Å². The van der Waals surface area contributed by atoms with Gasteiger partial charge in [0.05, 0.1) is 6.10 Å². The summed E-state index contributed by atoms with van der Waals surface area (Å²) in [6.45, 7) is 6.82. The van der Waals surface area contributed by atoms with E-state index in [0.29, 0.717) is 0 Å². The Morgan fingerprint density at radius 2 is 1.00 bits per heavy atom. The molecule has 0 aromatic heterocycles. The zero-order valence-electron chi connectivity index (χ0n) is 17.2. The van der Waals surface area contributed by atoms with Gasteiger partial charge < -0.3 is 28.4 Å². The largest absolute Gasteiger partial charge is 0.463 e. The molecule has 6 atom stereocenters. The van der Waals surface area contributed by atoms with E-state index in [2.05, 4.69) is 0 Å². The van der Waals surface area contributed by atoms with Crippen molar-refractivity contribution < 1.29 is 52.4 Å². The van der Waals surface area contributed by atoms with Crippen LogP contribution < -0.4 is 0 Å². The Kier molecular flexibility index (Phi) is 9.02. The molecule has 0 spiro atoms. The maximum absolute atomic E-state index is 11.7. The summed E-state index contributed by atoms with van der Waals surface area (Å²) < 4.78 is 31.9. The average Bonchev–Trinajstić information content (AvgIpc) is 2.64. The van der Waals surface area contributed by atoms with Crippen LogP contribution in [0, 0.1) is 0 Å². The van der Waals surface area contributed by atoms with E-state index in [-0.39, 0.29) is 6.61 Å². The minimum Gasteiger partial charge on any atom is -0.463 e. The van der Waals surface area contributed by atoms with Crippen molar-refractivity contribution in [3.8, 4) is 0 Å². The second-order valence-electron chi connectivity index (χ2n) is 6.48. The van der Waals surface area contributed by atoms with E-state index in [1.165, 1.54) is 13.8 Å². The third-order valence-electron chi connectivity index (χ3n) is 3.85. The van der Waals surface area contributed by atoms with E-state index in [1.807, 2.05) is 0 Å². The minimum atomic E-state index is -1.39. The fourth-order valence-electron chi connectivity index (χ4n) is 2.96. The standard InChI is InChI=1S/C18H26O11/c1-8-15(26-10(3)20)17(28-12(5)22)18(29-13(6)23)16(27-11(4)21)14(25-8)7-24-9(2)19/h8,14-18H,7H2,1-6H3/t8-,14+,15+,16+,17-,18-/m0/s1. The molecule has 0 radical (unpaired) electrons. The Labute approximate surface area is 167 Å². The summed E-state index contributed by atoms with van der Waals surface area (Å²) >= 11 is 0. The molecule has 11 nitrogen and oxygen atoms in total. The first-order chi connectivity index (χ1) is 13.4. The topological polar surface area (TPSA) is 141 Å². The van der Waals surface area contributed by atoms with E-state index >= 15 is 0 Å². The predicted molar refractivity (Wildman–Crippen MR) is 93.2 cm³/mol. The van der Waals surface area contributed by atoms with E-state index in [0.717, 1.165) is 27.7 Å². The molecule has 0 N–H and O–H groups in total. The number of carbonyl (C=O) groups is 5. The Morgan fingerprint density at radius 3 is 1.41 bits per heavy atom. The van der Waals surface area contributed by atoms with Crippen LogP contribution in [-0.4, -0.2) is 73.1 Å². The molecule has 1 saturated heterocycles. The Morgan fingerprint density at radius 1 is 0.621 bits per heavy atom. The molecule has 1 aliphatic rings. The molecular formula is C18H26O11. The summed E-state index contributed by atoms with van der Waals surface area (Å²) in [4.78, 5) is 58.0. The zero-order valence-corrected chi connectivity index (χ0v) is 17.2. The molecule has 0 unspecified atom stereocenters. The Balaban J connectivity index is 3.48. The molecule has 0 saturated carbocycles. The molecule has 29 heavy (non-hydrogen) atoms. The van der Waals surface area contributed by atoms with Crippen molar-refractivity contribution in [1.29, 1.82) is 0 Å². The molecule has 0 bridgehead atoms. The van der Waals surface area contributed by atoms with Gasteiger partial charge in [-0.05, 0) is 6.92 Å². The second kappa shape index (κ2) is 10.7. The highest BCUT2D eigenvalue weighted by Gasteiger charge is 2.52. The predicted octanol–water partition coefficient (Wildman–Crippen LogP) is 0.0636. The van der Waals surface area contributed by atoms with Gasteiger partial charge in [-0.3, -0.25) is 24.0 Å². The molecule has 1 fully saturated rings. The number of esters is 5. The number of rotatable bonds is 6. The Hall–Kier alpha value is -2.69. The van der Waals surface area contributed by atoms with E-state index in [4.69, 9.17) is 28.4 Å². The van der Waals surface area contributed by atoms with Gasteiger partial charge in [0.15, 0.2) is 24.4 Å². The van der Waals surface area contributed by atoms with Gasteiger partial charge in [-0.2, -0.15) is 0 Å². The van der Waals surface area contributed by atoms with Crippen molar-refractivity contribution in [3.63, 3.8) is 0 Å². The summed E-state index contributed by atoms with van der Waals surface area (Å²) in [5.41, 5.74) is 0. The van der Waals surface area contributed by atoms with Gasteiger partial charge in [0, 0.05) is 34.6 Å². The highest BCUT2D eigenvalue weighted by atomic mass is 16.7. The van der Waals surface area contributed by atoms with Gasteiger partial charge in [0.2, 0.25) is 0 Å². The highest BCUT2D eigenvalue weighted by Crippen LogP contribution is 2.30. The van der Waals surface area contributed by atoms with Crippen LogP contribution in [-0.2, 0) is 52.4 Å². The molecule has 1 aliphatic heterocycles. The van der Waals surface area contributed by atoms with Crippen LogP contribution in [0.4, 0.5) is 0 Å². The minimum absolute atomic E-state index is 0.352. The third kappa shape index (κ3) is 7.68. The molecule has 0 aromatic rings. The smallest absolute Gasteiger partial charge is 0.303 e. The monoisotopic (exact) mass is 418 g/mol. The Bertz CT molecular complexity index is 644. The average molecular weight is 418 g/mol. The van der Waals surface area contributed by atoms with Crippen molar-refractivity contribution in [1.82, 2.24) is 0 Å². The van der Waals surface area contributed by atoms with Gasteiger partial charge >= 0.3 is 29.8 Å². The van der Waals surface area contributed by atoms with Crippen LogP contribution in [0.5, 0.6) is 0 Å². The van der Waals surface area contributed by atoms with Gasteiger partial charge in [-0.1, -0.05) is 0 Å². The lowest BCUT2D eigenvalue weighted by molar-refractivity contribution is -0.197. The van der Waals surface area contributed by atoms with Crippen LogP contribution in [0.3, 0.4) is 0 Å². The van der Waals surface area contributed by atoms with Crippen molar-refractivity contribution >= 4 is 29.8 Å². The van der Waals surface area contributed by atoms with Crippen molar-refractivity contribution in [2.75, 3.05) is 6.61 Å². The SMILES string of the molecule is CC(=O)OC[C@H]1O[C@@H](C)[C@@H](OC(C)=O)[C@H](OC(C)=O)[C@@H](OC(C)=O)[C@@H]1OC(C)=O. The first-order valence-corrected chi connectivity index (χ1v) is 8.90. The summed E-state index contributed by atoms with van der Waals surface area (Å²) in [5.74, 6) is -3.59. The highest BCUT2D eigenvalue weighted by molar-refractivity contribution is 5.69. The van der Waals surface area contributed by atoms with Gasteiger partial charge in [-0.15, -0.1) is 0 Å². The zero-order chi connectivity index (χ0) is 22.3. The molecule has 1 heterocycles. The van der Waals surface area contributed by atoms with Crippen LogP contribution >= 0.6 is 0 Å². The first-order valence-electron chi connectivity index (χ1n) is 8.90. The summed E-state index contributed by atoms with van der Waals surface area (Å²) in [6, 6.07) is 0. The molecule has 1 rings (SSSR count). The van der Waals surface area contributed by atoms with Crippen molar-refractivity contribution in [2.45, 2.75) is 78.2 Å². The molecule has 0 amide bonds. The van der Waals surface area contributed by atoms with Crippen molar-refractivity contribution in [2.24, 2.45) is 0 Å². The molecule has 0 aromatic carbocycles. The lowest BCUT2D eigenvalue weighted by Crippen LogP contribution is -2.54. The number of hydrogen-bond acceptors (Lipinski definition) is 11.